The van der Waals surface area contributed by atoms with Gasteiger partial charge in [-0.05, 0) is 18.2 Å². The molecule has 19 heavy (non-hydrogen) atoms. The summed E-state index contributed by atoms with van der Waals surface area (Å²) in [6, 6.07) is 11.7. The minimum atomic E-state index is 0. The lowest BCUT2D eigenvalue weighted by atomic mass is 10.2. The van der Waals surface area contributed by atoms with Crippen molar-refractivity contribution in [3.8, 4) is 11.8 Å². The molecule has 2 aromatic rings. The third-order valence-corrected chi connectivity index (χ3v) is 2.19. The lowest BCUT2D eigenvalue weighted by Gasteiger charge is -1.93. The lowest BCUT2D eigenvalue weighted by molar-refractivity contribution is 0.215. The van der Waals surface area contributed by atoms with Gasteiger partial charge in [0.15, 0.2) is 0 Å². The molecule has 2 rings (SSSR count). The van der Waals surface area contributed by atoms with Gasteiger partial charge in [-0.1, -0.05) is 35.2 Å². The van der Waals surface area contributed by atoms with Crippen molar-refractivity contribution in [2.45, 2.75) is 0 Å². The van der Waals surface area contributed by atoms with Crippen molar-refractivity contribution < 1.29 is 4.84 Å². The van der Waals surface area contributed by atoms with Gasteiger partial charge in [-0.2, -0.15) is 0 Å². The van der Waals surface area contributed by atoms with Crippen LogP contribution in [-0.2, 0) is 4.84 Å². The summed E-state index contributed by atoms with van der Waals surface area (Å²) in [5.74, 6) is 6.14. The van der Waals surface area contributed by atoms with Gasteiger partial charge >= 0.3 is 0 Å². The molecular formula is C15H13ClN2O. The second kappa shape index (κ2) is 7.91. The van der Waals surface area contributed by atoms with Crippen LogP contribution in [0.25, 0.3) is 0 Å². The molecule has 0 aliphatic rings. The second-order valence-electron chi connectivity index (χ2n) is 3.54. The summed E-state index contributed by atoms with van der Waals surface area (Å²) in [6.07, 6.45) is 5.02. The largest absolute Gasteiger partial charge is 0.399 e. The number of benzene rings is 1. The molecule has 0 amide bonds. The summed E-state index contributed by atoms with van der Waals surface area (Å²) >= 11 is 0. The zero-order valence-electron chi connectivity index (χ0n) is 10.4. The highest BCUT2D eigenvalue weighted by Gasteiger charge is 1.91. The van der Waals surface area contributed by atoms with Crippen LogP contribution in [0.1, 0.15) is 16.7 Å². The first-order chi connectivity index (χ1) is 8.88. The molecule has 0 bridgehead atoms. The maximum Gasteiger partial charge on any atom is 0.106 e. The number of pyridine rings is 1. The van der Waals surface area contributed by atoms with Crippen LogP contribution in [0.15, 0.2) is 53.9 Å². The van der Waals surface area contributed by atoms with Gasteiger partial charge in [-0.15, -0.1) is 12.4 Å². The van der Waals surface area contributed by atoms with Gasteiger partial charge in [0.05, 0.1) is 6.21 Å². The predicted molar refractivity (Wildman–Crippen MR) is 78.5 cm³/mol. The van der Waals surface area contributed by atoms with Crippen LogP contribution in [0.2, 0.25) is 0 Å². The minimum absolute atomic E-state index is 0. The lowest BCUT2D eigenvalue weighted by Crippen LogP contribution is -1.86. The Bertz CT molecular complexity index is 600. The minimum Gasteiger partial charge on any atom is -0.399 e. The molecule has 0 aliphatic heterocycles. The third kappa shape index (κ3) is 4.82. The van der Waals surface area contributed by atoms with Gasteiger partial charge in [0.2, 0.25) is 0 Å². The first kappa shape index (κ1) is 14.7. The standard InChI is InChI=1S/C15H12N2O.ClH/c1-18-17-12-15-9-14(10-16-11-15)8-7-13-5-3-2-4-6-13;/h2-6,9-12H,1H3;1H/b17-12+;. The Balaban J connectivity index is 0.00000180. The average molecular weight is 273 g/mol. The van der Waals surface area contributed by atoms with Gasteiger partial charge in [0.1, 0.15) is 7.11 Å². The van der Waals surface area contributed by atoms with E-state index in [4.69, 9.17) is 0 Å². The van der Waals surface area contributed by atoms with Gasteiger partial charge in [0.25, 0.3) is 0 Å². The van der Waals surface area contributed by atoms with Crippen LogP contribution in [-0.4, -0.2) is 18.3 Å². The van der Waals surface area contributed by atoms with Crippen LogP contribution < -0.4 is 0 Å². The molecule has 1 aromatic carbocycles. The molecule has 0 N–H and O–H groups in total. The highest BCUT2D eigenvalue weighted by atomic mass is 35.5. The molecule has 1 aromatic heterocycles. The fourth-order valence-electron chi connectivity index (χ4n) is 1.38. The van der Waals surface area contributed by atoms with Crippen LogP contribution in [0.4, 0.5) is 0 Å². The van der Waals surface area contributed by atoms with Crippen molar-refractivity contribution in [3.05, 3.63) is 65.5 Å². The first-order valence-electron chi connectivity index (χ1n) is 5.47. The predicted octanol–water partition coefficient (Wildman–Crippen LogP) is 2.88. The molecule has 96 valence electrons. The van der Waals surface area contributed by atoms with E-state index < -0.39 is 0 Å². The number of aromatic nitrogens is 1. The van der Waals surface area contributed by atoms with E-state index in [1.807, 2.05) is 36.4 Å². The van der Waals surface area contributed by atoms with Crippen LogP contribution in [0.3, 0.4) is 0 Å². The molecule has 0 saturated heterocycles. The zero-order valence-corrected chi connectivity index (χ0v) is 11.2. The molecule has 4 heteroatoms. The maximum absolute atomic E-state index is 4.62. The Kier molecular flexibility index (Phi) is 6.14. The molecule has 1 heterocycles. The molecule has 0 unspecified atom stereocenters. The van der Waals surface area contributed by atoms with E-state index in [0.29, 0.717) is 0 Å². The van der Waals surface area contributed by atoms with Gasteiger partial charge in [0, 0.05) is 29.1 Å². The number of nitrogens with zero attached hydrogens (tertiary/aromatic N) is 2. The van der Waals surface area contributed by atoms with E-state index in [2.05, 4.69) is 26.8 Å². The van der Waals surface area contributed by atoms with E-state index in [1.54, 1.807) is 18.6 Å². The van der Waals surface area contributed by atoms with Crippen molar-refractivity contribution in [2.75, 3.05) is 7.11 Å². The first-order valence-corrected chi connectivity index (χ1v) is 5.47. The Morgan fingerprint density at radius 3 is 2.58 bits per heavy atom. The molecule has 0 aliphatic carbocycles. The smallest absolute Gasteiger partial charge is 0.106 e. The monoisotopic (exact) mass is 272 g/mol. The van der Waals surface area contributed by atoms with E-state index in [9.17, 15) is 0 Å². The van der Waals surface area contributed by atoms with Gasteiger partial charge in [-0.25, -0.2) is 0 Å². The summed E-state index contributed by atoms with van der Waals surface area (Å²) in [4.78, 5) is 8.72. The third-order valence-electron chi connectivity index (χ3n) is 2.19. The van der Waals surface area contributed by atoms with Crippen LogP contribution >= 0.6 is 12.4 Å². The van der Waals surface area contributed by atoms with Crippen molar-refractivity contribution in [1.29, 1.82) is 0 Å². The number of hydrogen-bond acceptors (Lipinski definition) is 3. The van der Waals surface area contributed by atoms with Gasteiger partial charge in [-0.3, -0.25) is 4.98 Å². The topological polar surface area (TPSA) is 34.5 Å². The van der Waals surface area contributed by atoms with Crippen molar-refractivity contribution >= 4 is 18.6 Å². The van der Waals surface area contributed by atoms with Crippen LogP contribution in [0.5, 0.6) is 0 Å². The molecule has 0 radical (unpaired) electrons. The summed E-state index contributed by atoms with van der Waals surface area (Å²) in [5, 5.41) is 3.69. The fraction of sp³-hybridized carbons (Fsp3) is 0.0667. The Morgan fingerprint density at radius 1 is 1.11 bits per heavy atom. The van der Waals surface area contributed by atoms with E-state index in [-0.39, 0.29) is 12.4 Å². The molecule has 0 atom stereocenters. The Hall–Kier alpha value is -2.31. The van der Waals surface area contributed by atoms with E-state index in [1.165, 1.54) is 7.11 Å². The molecule has 3 nitrogen and oxygen atoms in total. The molecule has 0 spiro atoms. The number of rotatable bonds is 2. The van der Waals surface area contributed by atoms with Crippen molar-refractivity contribution in [2.24, 2.45) is 5.16 Å². The van der Waals surface area contributed by atoms with Crippen molar-refractivity contribution in [3.63, 3.8) is 0 Å². The fourth-order valence-corrected chi connectivity index (χ4v) is 1.38. The Morgan fingerprint density at radius 2 is 1.84 bits per heavy atom. The quantitative estimate of drug-likeness (QED) is 0.479. The van der Waals surface area contributed by atoms with Crippen molar-refractivity contribution in [1.82, 2.24) is 4.98 Å². The van der Waals surface area contributed by atoms with E-state index >= 15 is 0 Å². The molecular weight excluding hydrogens is 260 g/mol. The highest BCUT2D eigenvalue weighted by molar-refractivity contribution is 5.85. The number of oxime groups is 1. The van der Waals surface area contributed by atoms with E-state index in [0.717, 1.165) is 16.7 Å². The Labute approximate surface area is 118 Å². The maximum atomic E-state index is 4.62. The molecule has 0 saturated carbocycles. The highest BCUT2D eigenvalue weighted by Crippen LogP contribution is 2.01. The average Bonchev–Trinajstić information content (AvgIpc) is 2.44. The summed E-state index contributed by atoms with van der Waals surface area (Å²) in [6.45, 7) is 0. The summed E-state index contributed by atoms with van der Waals surface area (Å²) < 4.78 is 0. The number of hydrogen-bond donors (Lipinski definition) is 0. The number of halogens is 1. The van der Waals surface area contributed by atoms with Gasteiger partial charge < -0.3 is 4.84 Å². The molecule has 0 fully saturated rings. The SMILES string of the molecule is CO/N=C/c1cncc(C#Cc2ccccc2)c1.Cl. The van der Waals surface area contributed by atoms with Crippen LogP contribution in [0, 0.1) is 11.8 Å². The zero-order chi connectivity index (χ0) is 12.6. The summed E-state index contributed by atoms with van der Waals surface area (Å²) in [7, 11) is 1.50. The summed E-state index contributed by atoms with van der Waals surface area (Å²) in [5.41, 5.74) is 2.68. The normalized spacial score (nSPS) is 9.32. The second-order valence-corrected chi connectivity index (χ2v) is 3.54.